The number of hydrogen-bond donors (Lipinski definition) is 4. The number of pyridine rings is 2. The maximum atomic E-state index is 10.9. The highest BCUT2D eigenvalue weighted by Gasteiger charge is 2.17. The topological polar surface area (TPSA) is 161 Å². The van der Waals surface area contributed by atoms with Crippen LogP contribution in [0, 0.1) is 6.92 Å². The van der Waals surface area contributed by atoms with Crippen molar-refractivity contribution in [1.29, 1.82) is 0 Å². The van der Waals surface area contributed by atoms with E-state index in [1.165, 1.54) is 6.20 Å². The van der Waals surface area contributed by atoms with E-state index in [2.05, 4.69) is 39.9 Å². The smallest absolute Gasteiger partial charge is 0.223 e. The second kappa shape index (κ2) is 11.0. The van der Waals surface area contributed by atoms with Crippen LogP contribution in [-0.2, 0) is 28.7 Å². The fourth-order valence-corrected chi connectivity index (χ4v) is 3.95. The molecule has 0 atom stereocenters. The number of hydrogen-bond acceptors (Lipinski definition) is 11. The summed E-state index contributed by atoms with van der Waals surface area (Å²) < 4.78 is 29.5. The summed E-state index contributed by atoms with van der Waals surface area (Å²) in [6, 6.07) is 3.66. The first-order valence-corrected chi connectivity index (χ1v) is 12.0. The number of aryl methyl sites for hydroxylation is 1. The summed E-state index contributed by atoms with van der Waals surface area (Å²) in [7, 11) is -2.76. The predicted molar refractivity (Wildman–Crippen MR) is 128 cm³/mol. The van der Waals surface area contributed by atoms with Gasteiger partial charge in [0.1, 0.15) is 16.8 Å². The van der Waals surface area contributed by atoms with Crippen LogP contribution in [0.1, 0.15) is 17.0 Å². The number of halogens is 1. The summed E-state index contributed by atoms with van der Waals surface area (Å²) in [4.78, 5) is 23.8. The number of nitrogens with one attached hydrogen (secondary N) is 2. The van der Waals surface area contributed by atoms with Crippen molar-refractivity contribution in [2.24, 2.45) is 0 Å². The van der Waals surface area contributed by atoms with E-state index in [9.17, 15) is 8.42 Å². The lowest BCUT2D eigenvalue weighted by atomic mass is 10.1. The zero-order valence-electron chi connectivity index (χ0n) is 18.4. The van der Waals surface area contributed by atoms with Gasteiger partial charge in [0.15, 0.2) is 5.82 Å². The Morgan fingerprint density at radius 3 is 2.68 bits per heavy atom. The van der Waals surface area contributed by atoms with Gasteiger partial charge in [0.25, 0.3) is 0 Å². The van der Waals surface area contributed by atoms with Gasteiger partial charge in [0, 0.05) is 37.9 Å². The molecule has 1 aliphatic heterocycles. The summed E-state index contributed by atoms with van der Waals surface area (Å²) in [6.45, 7) is 5.54. The van der Waals surface area contributed by atoms with Gasteiger partial charge in [0.05, 0.1) is 30.7 Å². The second-order valence-electron chi connectivity index (χ2n) is 7.58. The van der Waals surface area contributed by atoms with Gasteiger partial charge < -0.3 is 15.8 Å². The zero-order chi connectivity index (χ0) is 24.1. The Hall–Kier alpha value is -2.97. The Balaban J connectivity index is 1.67. The van der Waals surface area contributed by atoms with E-state index in [-0.39, 0.29) is 17.6 Å². The van der Waals surface area contributed by atoms with Crippen LogP contribution < -0.4 is 15.8 Å². The molecule has 0 spiro atoms. The van der Waals surface area contributed by atoms with Crippen molar-refractivity contribution in [2.45, 2.75) is 20.0 Å². The molecule has 0 aromatic carbocycles. The molecule has 3 aromatic heterocycles. The lowest BCUT2D eigenvalue weighted by Gasteiger charge is -2.26. The molecule has 0 unspecified atom stereocenters. The monoisotopic (exact) mass is 505 g/mol. The summed E-state index contributed by atoms with van der Waals surface area (Å²) >= 11 is 6.11. The second-order valence-corrected chi connectivity index (χ2v) is 8.77. The first-order valence-electron chi connectivity index (χ1n) is 10.4. The molecule has 1 saturated heterocycles. The summed E-state index contributed by atoms with van der Waals surface area (Å²) in [5.41, 5.74) is 8.57. The average molecular weight is 506 g/mol. The number of nitrogen functional groups attached to an aromatic ring is 1. The van der Waals surface area contributed by atoms with Gasteiger partial charge in [-0.25, -0.2) is 28.1 Å². The maximum absolute atomic E-state index is 10.9. The van der Waals surface area contributed by atoms with E-state index in [0.29, 0.717) is 54.0 Å². The van der Waals surface area contributed by atoms with Gasteiger partial charge >= 0.3 is 0 Å². The molecule has 0 saturated carbocycles. The van der Waals surface area contributed by atoms with Crippen molar-refractivity contribution >= 4 is 39.9 Å². The number of morpholine rings is 1. The van der Waals surface area contributed by atoms with E-state index in [0.717, 1.165) is 18.7 Å². The Morgan fingerprint density at radius 2 is 1.94 bits per heavy atom. The number of nitrogens with two attached hydrogens (primary N) is 1. The maximum Gasteiger partial charge on any atom is 0.223 e. The number of thiol groups is 1. The molecule has 0 radical (unpaired) electrons. The van der Waals surface area contributed by atoms with Gasteiger partial charge in [-0.2, -0.15) is 9.97 Å². The lowest BCUT2D eigenvalue weighted by Crippen LogP contribution is -2.35. The highest BCUT2D eigenvalue weighted by atomic mass is 35.5. The van der Waals surface area contributed by atoms with Gasteiger partial charge in [-0.1, -0.05) is 11.6 Å². The molecule has 3 aromatic rings. The van der Waals surface area contributed by atoms with Gasteiger partial charge in [-0.05, 0) is 24.6 Å². The van der Waals surface area contributed by atoms with E-state index in [4.69, 9.17) is 22.1 Å². The fraction of sp³-hybridized carbons (Fsp3) is 0.350. The number of anilines is 3. The van der Waals surface area contributed by atoms with Crippen molar-refractivity contribution in [3.63, 3.8) is 0 Å². The number of rotatable bonds is 8. The molecule has 0 amide bonds. The fourth-order valence-electron chi connectivity index (χ4n) is 3.48. The van der Waals surface area contributed by atoms with Crippen LogP contribution in [0.15, 0.2) is 24.5 Å². The summed E-state index contributed by atoms with van der Waals surface area (Å²) in [6.07, 6.45) is 3.32. The Bertz CT molecular complexity index is 1220. The molecule has 0 aliphatic carbocycles. The van der Waals surface area contributed by atoms with Crippen LogP contribution in [0.25, 0.3) is 11.4 Å². The largest absolute Gasteiger partial charge is 0.379 e. The molecule has 14 heteroatoms. The lowest BCUT2D eigenvalue weighted by molar-refractivity contribution is 0.0341. The van der Waals surface area contributed by atoms with E-state index < -0.39 is 10.9 Å². The molecule has 4 N–H and O–H groups in total. The van der Waals surface area contributed by atoms with Crippen molar-refractivity contribution in [2.75, 3.05) is 37.4 Å². The molecule has 12 nitrogen and oxygen atoms in total. The zero-order valence-corrected chi connectivity index (χ0v) is 20.0. The summed E-state index contributed by atoms with van der Waals surface area (Å²) in [5.74, 6) is 1.46. The summed E-state index contributed by atoms with van der Waals surface area (Å²) in [5, 5.41) is 3.41. The Kier molecular flexibility index (Phi) is 7.80. The van der Waals surface area contributed by atoms with Crippen LogP contribution in [-0.4, -0.2) is 64.5 Å². The first-order chi connectivity index (χ1) is 16.4. The van der Waals surface area contributed by atoms with E-state index >= 15 is 0 Å². The van der Waals surface area contributed by atoms with Crippen LogP contribution in [0.3, 0.4) is 0 Å². The van der Waals surface area contributed by atoms with Crippen molar-refractivity contribution in [3.05, 3.63) is 46.6 Å². The molecular weight excluding hydrogens is 482 g/mol. The average Bonchev–Trinajstić information content (AvgIpc) is 2.80. The quantitative estimate of drug-likeness (QED) is 0.256. The van der Waals surface area contributed by atoms with E-state index in [1.54, 1.807) is 19.2 Å². The van der Waals surface area contributed by atoms with Crippen LogP contribution in [0.5, 0.6) is 0 Å². The van der Waals surface area contributed by atoms with Crippen LogP contribution in [0.4, 0.5) is 17.5 Å². The molecular formula is C20H24ClN9O3S. The minimum atomic E-state index is -2.76. The van der Waals surface area contributed by atoms with Gasteiger partial charge in [-0.3, -0.25) is 4.90 Å². The van der Waals surface area contributed by atoms with Crippen molar-refractivity contribution < 1.29 is 13.2 Å². The third kappa shape index (κ3) is 6.33. The highest BCUT2D eigenvalue weighted by molar-refractivity contribution is 7.70. The molecule has 4 heterocycles. The number of ether oxygens (including phenoxy) is 1. The standard InChI is InChI=1S/C20H24ClN9O3S/c1-12-26-19(29-20(22)27-12)16-6-13(11-30-2-4-33-5-3-30)8-24-18(16)28-15-7-14(9-25-34(31)32)17(21)23-10-15/h6-8,10,34H,2-5,9,11H2,1H3,(H,24,28)(H,25,31,32)(H2,22,26,27,29). The minimum absolute atomic E-state index is 0.0159. The number of nitrogens with zero attached hydrogens (tertiary/aromatic N) is 6. The first kappa shape index (κ1) is 24.2. The SMILES string of the molecule is Cc1nc(N)nc(-c2cc(CN3CCOCC3)cnc2Nc2cnc(Cl)c(CN[SH](=O)=O)c2)n1. The predicted octanol–water partition coefficient (Wildman–Crippen LogP) is 1.06. The molecule has 180 valence electrons. The Labute approximate surface area is 203 Å². The van der Waals surface area contributed by atoms with Crippen molar-refractivity contribution in [1.82, 2.24) is 34.5 Å². The normalized spacial score (nSPS) is 14.4. The third-order valence-corrected chi connectivity index (χ3v) is 5.79. The minimum Gasteiger partial charge on any atom is -0.379 e. The van der Waals surface area contributed by atoms with Crippen molar-refractivity contribution in [3.8, 4) is 11.4 Å². The molecule has 1 aliphatic rings. The molecule has 4 rings (SSSR count). The van der Waals surface area contributed by atoms with Gasteiger partial charge in [0.2, 0.25) is 16.8 Å². The van der Waals surface area contributed by atoms with Gasteiger partial charge in [-0.15, -0.1) is 0 Å². The van der Waals surface area contributed by atoms with E-state index in [1.807, 2.05) is 6.07 Å². The molecule has 0 bridgehead atoms. The molecule has 34 heavy (non-hydrogen) atoms. The molecule has 1 fully saturated rings. The highest BCUT2D eigenvalue weighted by Crippen LogP contribution is 2.29. The van der Waals surface area contributed by atoms with Crippen LogP contribution >= 0.6 is 11.6 Å². The Morgan fingerprint density at radius 1 is 1.15 bits per heavy atom. The third-order valence-electron chi connectivity index (χ3n) is 5.03. The number of aromatic nitrogens is 5. The van der Waals surface area contributed by atoms with Crippen LogP contribution in [0.2, 0.25) is 5.15 Å².